The van der Waals surface area contributed by atoms with Crippen LogP contribution in [0.3, 0.4) is 0 Å². The Labute approximate surface area is 258 Å². The van der Waals surface area contributed by atoms with Crippen molar-refractivity contribution in [2.24, 2.45) is 0 Å². The van der Waals surface area contributed by atoms with Gasteiger partial charge in [-0.2, -0.15) is 0 Å². The molecule has 45 heavy (non-hydrogen) atoms. The Hall–Kier alpha value is -3.53. The van der Waals surface area contributed by atoms with E-state index in [-0.39, 0.29) is 34.5 Å². The highest BCUT2D eigenvalue weighted by atomic mass is 16.8. The van der Waals surface area contributed by atoms with Gasteiger partial charge in [-0.1, -0.05) is 41.5 Å². The Balaban J connectivity index is 1.65. The zero-order chi connectivity index (χ0) is 32.7. The number of hydrogen-bond acceptors (Lipinski definition) is 13. The molecule has 0 spiro atoms. The normalized spacial score (nSPS) is 30.3. The summed E-state index contributed by atoms with van der Waals surface area (Å²) in [6.07, 6.45) is -11.7. The third-order valence-electron chi connectivity index (χ3n) is 7.98. The van der Waals surface area contributed by atoms with Gasteiger partial charge in [0.2, 0.25) is 17.5 Å². The fourth-order valence-corrected chi connectivity index (χ4v) is 5.29. The van der Waals surface area contributed by atoms with Crippen molar-refractivity contribution in [1.29, 1.82) is 0 Å². The molecule has 13 heteroatoms. The summed E-state index contributed by atoms with van der Waals surface area (Å²) >= 11 is 0. The van der Waals surface area contributed by atoms with E-state index in [0.29, 0.717) is 5.56 Å². The molecule has 2 fully saturated rings. The van der Waals surface area contributed by atoms with Crippen molar-refractivity contribution in [3.8, 4) is 28.6 Å². The van der Waals surface area contributed by atoms with Gasteiger partial charge in [0.05, 0.1) is 12.7 Å². The molecule has 3 aromatic rings. The van der Waals surface area contributed by atoms with Crippen LogP contribution in [-0.4, -0.2) is 97.7 Å². The molecule has 5 rings (SSSR count). The maximum atomic E-state index is 14.2. The van der Waals surface area contributed by atoms with Crippen LogP contribution in [0.2, 0.25) is 0 Å². The number of aliphatic hydroxyl groups excluding tert-OH is 5. The predicted octanol–water partition coefficient (Wildman–Crippen LogP) is 1.36. The van der Waals surface area contributed by atoms with E-state index in [0.717, 1.165) is 17.2 Å². The van der Waals surface area contributed by atoms with E-state index in [2.05, 4.69) is 0 Å². The molecule has 0 bridgehead atoms. The standard InChI is InChI=1S/C32H38O13/c1-13(2)5-10-17-18(33)11-19(34)21-24(38)29(27(43-28(17)21)16-8-6-14(3)7-9-16)44-32-30(25(39)22(36)15(4)42-32)45-31-26(40)23(37)20(35)12-41-31/h5-9,11,15,20,22-23,25-26,30-37,39-40H,10,12H2,1-4H3/t15-,20-,22-,23+,25+,26-,30+,31-,32-/m1/s1. The highest BCUT2D eigenvalue weighted by Gasteiger charge is 2.49. The SMILES string of the molecule is CC(C)=CCc1c(O)cc(O)c2c(=O)c(O[C@H]3O[C@H](C)[C@@H](O)[C@H](O)[C@@H]3O[C@H]3OC[C@@H](O)[C@H](O)[C@H]3O)c(-c3ccc(C)cc3)oc12. The highest BCUT2D eigenvalue weighted by Crippen LogP contribution is 2.40. The van der Waals surface area contributed by atoms with Crippen LogP contribution in [0, 0.1) is 6.92 Å². The zero-order valence-electron chi connectivity index (χ0n) is 25.2. The number of hydrogen-bond donors (Lipinski definition) is 7. The van der Waals surface area contributed by atoms with Crippen molar-refractivity contribution in [2.45, 2.75) is 89.4 Å². The number of allylic oxidation sites excluding steroid dienone is 2. The van der Waals surface area contributed by atoms with Crippen LogP contribution in [-0.2, 0) is 20.6 Å². The molecule has 0 amide bonds. The first kappa shape index (κ1) is 32.9. The summed E-state index contributed by atoms with van der Waals surface area (Å²) in [6.45, 7) is 6.67. The second-order valence-electron chi connectivity index (χ2n) is 11.7. The van der Waals surface area contributed by atoms with Crippen LogP contribution >= 0.6 is 0 Å². The van der Waals surface area contributed by atoms with Crippen molar-refractivity contribution in [3.05, 3.63) is 63.3 Å². The van der Waals surface area contributed by atoms with Crippen molar-refractivity contribution in [2.75, 3.05) is 6.61 Å². The van der Waals surface area contributed by atoms with E-state index >= 15 is 0 Å². The van der Waals surface area contributed by atoms with Crippen molar-refractivity contribution in [1.82, 2.24) is 0 Å². The number of aromatic hydroxyl groups is 2. The number of phenolic OH excluding ortho intramolecular Hbond substituents is 2. The Bertz CT molecular complexity index is 1610. The number of aliphatic hydroxyl groups is 5. The second-order valence-corrected chi connectivity index (χ2v) is 11.7. The minimum absolute atomic E-state index is 0.0645. The summed E-state index contributed by atoms with van der Waals surface area (Å²) < 4.78 is 29.3. The van der Waals surface area contributed by atoms with E-state index in [4.69, 9.17) is 23.4 Å². The van der Waals surface area contributed by atoms with Crippen LogP contribution in [0.15, 0.2) is 51.2 Å². The van der Waals surface area contributed by atoms with Crippen LogP contribution in [0.4, 0.5) is 0 Å². The maximum absolute atomic E-state index is 14.2. The minimum Gasteiger partial charge on any atom is -0.507 e. The summed E-state index contributed by atoms with van der Waals surface area (Å²) in [5.74, 6) is -1.36. The van der Waals surface area contributed by atoms with Gasteiger partial charge in [-0.25, -0.2) is 0 Å². The van der Waals surface area contributed by atoms with Gasteiger partial charge >= 0.3 is 0 Å². The average molecular weight is 631 g/mol. The molecule has 7 N–H and O–H groups in total. The first-order chi connectivity index (χ1) is 21.3. The van der Waals surface area contributed by atoms with Gasteiger partial charge in [0.25, 0.3) is 0 Å². The lowest BCUT2D eigenvalue weighted by Gasteiger charge is -2.44. The molecule has 3 heterocycles. The van der Waals surface area contributed by atoms with E-state index in [1.165, 1.54) is 6.92 Å². The molecule has 0 radical (unpaired) electrons. The summed E-state index contributed by atoms with van der Waals surface area (Å²) in [7, 11) is 0. The Kier molecular flexibility index (Phi) is 9.54. The van der Waals surface area contributed by atoms with E-state index in [1.54, 1.807) is 24.3 Å². The lowest BCUT2D eigenvalue weighted by Crippen LogP contribution is -2.62. The van der Waals surface area contributed by atoms with Crippen molar-refractivity contribution < 1.29 is 59.1 Å². The van der Waals surface area contributed by atoms with Crippen molar-refractivity contribution in [3.63, 3.8) is 0 Å². The van der Waals surface area contributed by atoms with E-state index < -0.39 is 78.8 Å². The zero-order valence-corrected chi connectivity index (χ0v) is 25.2. The fourth-order valence-electron chi connectivity index (χ4n) is 5.29. The molecule has 1 aromatic heterocycles. The molecule has 9 atom stereocenters. The molecule has 0 unspecified atom stereocenters. The molecule has 13 nitrogen and oxygen atoms in total. The molecule has 0 aliphatic carbocycles. The Morgan fingerprint density at radius 2 is 1.64 bits per heavy atom. The lowest BCUT2D eigenvalue weighted by molar-refractivity contribution is -0.341. The molecule has 0 saturated carbocycles. The fraction of sp³-hybridized carbons (Fsp3) is 0.469. The first-order valence-corrected chi connectivity index (χ1v) is 14.5. The number of phenols is 2. The molecular formula is C32H38O13. The lowest BCUT2D eigenvalue weighted by atomic mass is 9.99. The molecular weight excluding hydrogens is 592 g/mol. The number of benzene rings is 2. The highest BCUT2D eigenvalue weighted by molar-refractivity contribution is 5.91. The summed E-state index contributed by atoms with van der Waals surface area (Å²) in [5.41, 5.74) is 1.62. The van der Waals surface area contributed by atoms with Crippen molar-refractivity contribution >= 4 is 11.0 Å². The topological polar surface area (TPSA) is 209 Å². The molecule has 2 aliphatic heterocycles. The summed E-state index contributed by atoms with van der Waals surface area (Å²) in [4.78, 5) is 14.2. The first-order valence-electron chi connectivity index (χ1n) is 14.5. The molecule has 2 aromatic carbocycles. The van der Waals surface area contributed by atoms with Gasteiger partial charge in [-0.3, -0.25) is 4.79 Å². The smallest absolute Gasteiger partial charge is 0.239 e. The largest absolute Gasteiger partial charge is 0.507 e. The van der Waals surface area contributed by atoms with Crippen LogP contribution in [0.25, 0.3) is 22.3 Å². The summed E-state index contributed by atoms with van der Waals surface area (Å²) in [6, 6.07) is 7.96. The third kappa shape index (κ3) is 6.44. The van der Waals surface area contributed by atoms with Gasteiger partial charge in [0.1, 0.15) is 53.0 Å². The van der Waals surface area contributed by atoms with E-state index in [9.17, 15) is 40.5 Å². The van der Waals surface area contributed by atoms with Gasteiger partial charge in [0.15, 0.2) is 18.2 Å². The predicted molar refractivity (Wildman–Crippen MR) is 159 cm³/mol. The summed E-state index contributed by atoms with van der Waals surface area (Å²) in [5, 5.41) is 73.2. The number of aryl methyl sites for hydroxylation is 1. The molecule has 2 saturated heterocycles. The Morgan fingerprint density at radius 1 is 0.956 bits per heavy atom. The molecule has 244 valence electrons. The van der Waals surface area contributed by atoms with Crippen LogP contribution in [0.5, 0.6) is 17.2 Å². The van der Waals surface area contributed by atoms with Crippen LogP contribution < -0.4 is 10.2 Å². The number of ether oxygens (including phenoxy) is 4. The van der Waals surface area contributed by atoms with E-state index in [1.807, 2.05) is 26.8 Å². The minimum atomic E-state index is -1.74. The van der Waals surface area contributed by atoms with Gasteiger partial charge in [-0.05, 0) is 34.1 Å². The van der Waals surface area contributed by atoms with Gasteiger partial charge < -0.3 is 59.1 Å². The van der Waals surface area contributed by atoms with Gasteiger partial charge in [0, 0.05) is 17.2 Å². The second kappa shape index (κ2) is 13.1. The third-order valence-corrected chi connectivity index (χ3v) is 7.98. The van der Waals surface area contributed by atoms with Gasteiger partial charge in [-0.15, -0.1) is 0 Å². The monoisotopic (exact) mass is 630 g/mol. The maximum Gasteiger partial charge on any atom is 0.239 e. The average Bonchev–Trinajstić information content (AvgIpc) is 2.98. The van der Waals surface area contributed by atoms with Crippen LogP contribution in [0.1, 0.15) is 31.9 Å². The Morgan fingerprint density at radius 3 is 2.31 bits per heavy atom. The number of fused-ring (bicyclic) bond motifs is 1. The number of rotatable bonds is 7. The molecule has 2 aliphatic rings. The quantitative estimate of drug-likeness (QED) is 0.184.